The smallest absolute Gasteiger partial charge is 0.00264 e. The monoisotopic (exact) mass is 508 g/mol. The lowest BCUT2D eigenvalue weighted by Crippen LogP contribution is -1.90. The second kappa shape index (κ2) is 10.5. The number of hydrogen-bond acceptors (Lipinski definition) is 0. The van der Waals surface area contributed by atoms with E-state index in [1.807, 2.05) is 0 Å². The molecule has 0 heteroatoms. The van der Waals surface area contributed by atoms with Crippen LogP contribution in [-0.2, 0) is 0 Å². The van der Waals surface area contributed by atoms with Crippen LogP contribution in [0.5, 0.6) is 0 Å². The predicted molar refractivity (Wildman–Crippen MR) is 173 cm³/mol. The predicted octanol–water partition coefficient (Wildman–Crippen LogP) is 11.2. The molecule has 0 nitrogen and oxygen atoms in total. The zero-order valence-electron chi connectivity index (χ0n) is 22.2. The Balaban J connectivity index is 1.26. The molecular formula is C40H28. The standard InChI is InChI=1S/C40H28/c1-3-11-31(12-4-1)32-25-21-29(22-26-32)19-20-30-23-27-34(28-24-30)40-37-17-9-7-15-35(37)39(33-13-5-2-6-14-33)36-16-8-10-18-38(36)40/h1-28H/b20-19+. The largest absolute Gasteiger partial charge is 0.0622 e. The molecule has 0 aliphatic carbocycles. The summed E-state index contributed by atoms with van der Waals surface area (Å²) in [7, 11) is 0. The molecule has 0 atom stereocenters. The van der Waals surface area contributed by atoms with Crippen molar-refractivity contribution in [3.05, 3.63) is 169 Å². The molecule has 0 aromatic heterocycles. The number of fused-ring (bicyclic) bond motifs is 2. The summed E-state index contributed by atoms with van der Waals surface area (Å²) < 4.78 is 0. The van der Waals surface area contributed by atoms with E-state index in [0.717, 1.165) is 0 Å². The van der Waals surface area contributed by atoms with Crippen LogP contribution in [0.2, 0.25) is 0 Å². The normalized spacial score (nSPS) is 11.4. The van der Waals surface area contributed by atoms with Gasteiger partial charge in [0.05, 0.1) is 0 Å². The van der Waals surface area contributed by atoms with Crippen LogP contribution in [0, 0.1) is 0 Å². The van der Waals surface area contributed by atoms with E-state index in [9.17, 15) is 0 Å². The molecule has 0 aliphatic heterocycles. The Hall–Kier alpha value is -5.20. The molecule has 0 radical (unpaired) electrons. The Bertz CT molecular complexity index is 1890. The van der Waals surface area contributed by atoms with E-state index in [4.69, 9.17) is 0 Å². The van der Waals surface area contributed by atoms with Crippen LogP contribution in [-0.4, -0.2) is 0 Å². The van der Waals surface area contributed by atoms with Crippen LogP contribution in [0.3, 0.4) is 0 Å². The van der Waals surface area contributed by atoms with Gasteiger partial charge in [-0.25, -0.2) is 0 Å². The van der Waals surface area contributed by atoms with Gasteiger partial charge in [-0.2, -0.15) is 0 Å². The van der Waals surface area contributed by atoms with E-state index in [-0.39, 0.29) is 0 Å². The second-order valence-corrected chi connectivity index (χ2v) is 10.2. The highest BCUT2D eigenvalue weighted by molar-refractivity contribution is 6.21. The molecule has 7 aromatic carbocycles. The SMILES string of the molecule is C(=C\c1ccc(-c2c3ccccc3c(-c3ccccc3)c3ccccc23)cc1)/c1ccc(-c2ccccc2)cc1. The van der Waals surface area contributed by atoms with Crippen molar-refractivity contribution < 1.29 is 0 Å². The molecule has 0 bridgehead atoms. The molecule has 0 aliphatic rings. The molecule has 0 amide bonds. The molecule has 7 aromatic rings. The highest BCUT2D eigenvalue weighted by Gasteiger charge is 2.15. The Morgan fingerprint density at radius 1 is 0.250 bits per heavy atom. The fourth-order valence-electron chi connectivity index (χ4n) is 5.73. The Morgan fingerprint density at radius 3 is 0.975 bits per heavy atom. The van der Waals surface area contributed by atoms with E-state index >= 15 is 0 Å². The van der Waals surface area contributed by atoms with Crippen LogP contribution in [0.25, 0.3) is 67.1 Å². The van der Waals surface area contributed by atoms with Crippen molar-refractivity contribution >= 4 is 33.7 Å². The lowest BCUT2D eigenvalue weighted by molar-refractivity contribution is 1.60. The lowest BCUT2D eigenvalue weighted by atomic mass is 9.86. The maximum Gasteiger partial charge on any atom is -0.00264 e. The molecule has 0 saturated heterocycles. The first-order chi connectivity index (χ1) is 19.8. The second-order valence-electron chi connectivity index (χ2n) is 10.2. The van der Waals surface area contributed by atoms with E-state index in [0.29, 0.717) is 0 Å². The van der Waals surface area contributed by atoms with Gasteiger partial charge in [0.15, 0.2) is 0 Å². The van der Waals surface area contributed by atoms with Crippen molar-refractivity contribution in [1.82, 2.24) is 0 Å². The molecule has 0 saturated carbocycles. The minimum atomic E-state index is 1.19. The van der Waals surface area contributed by atoms with Gasteiger partial charge in [-0.15, -0.1) is 0 Å². The number of hydrogen-bond donors (Lipinski definition) is 0. The number of benzene rings is 7. The van der Waals surface area contributed by atoms with Crippen molar-refractivity contribution in [3.63, 3.8) is 0 Å². The maximum absolute atomic E-state index is 2.26. The average molecular weight is 509 g/mol. The zero-order chi connectivity index (χ0) is 26.7. The van der Waals surface area contributed by atoms with Crippen molar-refractivity contribution in [2.75, 3.05) is 0 Å². The third kappa shape index (κ3) is 4.51. The third-order valence-electron chi connectivity index (χ3n) is 7.68. The fraction of sp³-hybridized carbons (Fsp3) is 0. The summed E-state index contributed by atoms with van der Waals surface area (Å²) in [5, 5.41) is 5.12. The highest BCUT2D eigenvalue weighted by Crippen LogP contribution is 2.43. The van der Waals surface area contributed by atoms with Gasteiger partial charge in [-0.05, 0) is 66.1 Å². The van der Waals surface area contributed by atoms with Crippen LogP contribution < -0.4 is 0 Å². The van der Waals surface area contributed by atoms with Crippen LogP contribution in [0.4, 0.5) is 0 Å². The summed E-state index contributed by atoms with van der Waals surface area (Å²) in [4.78, 5) is 0. The molecule has 188 valence electrons. The van der Waals surface area contributed by atoms with Crippen molar-refractivity contribution in [2.45, 2.75) is 0 Å². The van der Waals surface area contributed by atoms with Gasteiger partial charge >= 0.3 is 0 Å². The Labute approximate surface area is 235 Å². The first-order valence-electron chi connectivity index (χ1n) is 13.8. The van der Waals surface area contributed by atoms with Gasteiger partial charge in [0.25, 0.3) is 0 Å². The molecule has 0 fully saturated rings. The van der Waals surface area contributed by atoms with Gasteiger partial charge in [0.2, 0.25) is 0 Å². The first kappa shape index (κ1) is 23.9. The van der Waals surface area contributed by atoms with E-state index < -0.39 is 0 Å². The topological polar surface area (TPSA) is 0 Å². The summed E-state index contributed by atoms with van der Waals surface area (Å²) in [5.41, 5.74) is 9.93. The lowest BCUT2D eigenvalue weighted by Gasteiger charge is -2.17. The van der Waals surface area contributed by atoms with Crippen molar-refractivity contribution in [3.8, 4) is 33.4 Å². The van der Waals surface area contributed by atoms with Gasteiger partial charge < -0.3 is 0 Å². The van der Waals surface area contributed by atoms with Crippen molar-refractivity contribution in [1.29, 1.82) is 0 Å². The van der Waals surface area contributed by atoms with Gasteiger partial charge in [-0.1, -0.05) is 170 Å². The summed E-state index contributed by atoms with van der Waals surface area (Å²) in [6.45, 7) is 0. The van der Waals surface area contributed by atoms with Crippen LogP contribution in [0.15, 0.2) is 158 Å². The van der Waals surface area contributed by atoms with Crippen LogP contribution >= 0.6 is 0 Å². The van der Waals surface area contributed by atoms with E-state index in [1.165, 1.54) is 66.1 Å². The summed E-state index contributed by atoms with van der Waals surface area (Å²) >= 11 is 0. The molecule has 7 rings (SSSR count). The summed E-state index contributed by atoms with van der Waals surface area (Å²) in [5.74, 6) is 0. The molecule has 0 unspecified atom stereocenters. The molecule has 40 heavy (non-hydrogen) atoms. The van der Waals surface area contributed by atoms with Crippen molar-refractivity contribution in [2.24, 2.45) is 0 Å². The number of rotatable bonds is 5. The van der Waals surface area contributed by atoms with E-state index in [2.05, 4.69) is 170 Å². The zero-order valence-corrected chi connectivity index (χ0v) is 22.2. The Morgan fingerprint density at radius 2 is 0.550 bits per heavy atom. The fourth-order valence-corrected chi connectivity index (χ4v) is 5.73. The van der Waals surface area contributed by atoms with Gasteiger partial charge in [-0.3, -0.25) is 0 Å². The summed E-state index contributed by atoms with van der Waals surface area (Å²) in [6.07, 6.45) is 4.37. The molecule has 0 N–H and O–H groups in total. The van der Waals surface area contributed by atoms with Crippen LogP contribution in [0.1, 0.15) is 11.1 Å². The first-order valence-corrected chi connectivity index (χ1v) is 13.8. The minimum absolute atomic E-state index is 1.19. The third-order valence-corrected chi connectivity index (χ3v) is 7.68. The van der Waals surface area contributed by atoms with Gasteiger partial charge in [0, 0.05) is 0 Å². The highest BCUT2D eigenvalue weighted by atomic mass is 14.2. The summed E-state index contributed by atoms with van der Waals surface area (Å²) in [6, 6.07) is 56.6. The van der Waals surface area contributed by atoms with E-state index in [1.54, 1.807) is 0 Å². The molecule has 0 heterocycles. The average Bonchev–Trinajstić information content (AvgIpc) is 3.04. The molecule has 0 spiro atoms. The molecular weight excluding hydrogens is 480 g/mol. The van der Waals surface area contributed by atoms with Gasteiger partial charge in [0.1, 0.15) is 0 Å². The Kier molecular flexibility index (Phi) is 6.28. The maximum atomic E-state index is 2.26. The quantitative estimate of drug-likeness (QED) is 0.160. The minimum Gasteiger partial charge on any atom is -0.0622 e.